The summed E-state index contributed by atoms with van der Waals surface area (Å²) in [5.41, 5.74) is 3.35. The second kappa shape index (κ2) is 5.58. The van der Waals surface area contributed by atoms with Gasteiger partial charge >= 0.3 is 0 Å². The van der Waals surface area contributed by atoms with Crippen LogP contribution in [0.2, 0.25) is 0 Å². The van der Waals surface area contributed by atoms with Gasteiger partial charge in [0, 0.05) is 36.6 Å². The zero-order valence-electron chi connectivity index (χ0n) is 11.1. The molecule has 1 N–H and O–H groups in total. The van der Waals surface area contributed by atoms with E-state index in [1.165, 1.54) is 5.56 Å². The van der Waals surface area contributed by atoms with Gasteiger partial charge in [0.1, 0.15) is 5.75 Å². The molecular formula is C14H19N3O. The number of ether oxygens (including phenoxy) is 1. The fourth-order valence-corrected chi connectivity index (χ4v) is 1.82. The van der Waals surface area contributed by atoms with Crippen LogP contribution in [-0.2, 0) is 13.1 Å². The van der Waals surface area contributed by atoms with Crippen LogP contribution in [0.1, 0.15) is 18.2 Å². The summed E-state index contributed by atoms with van der Waals surface area (Å²) < 4.78 is 7.15. The van der Waals surface area contributed by atoms with Crippen LogP contribution in [0.3, 0.4) is 0 Å². The van der Waals surface area contributed by atoms with E-state index in [2.05, 4.69) is 23.5 Å². The summed E-state index contributed by atoms with van der Waals surface area (Å²) in [6.07, 6.45) is 2.09. The molecule has 2 aromatic rings. The minimum atomic E-state index is 0.777. The summed E-state index contributed by atoms with van der Waals surface area (Å²) in [6.45, 7) is 5.81. The highest BCUT2D eigenvalue weighted by Gasteiger charge is 2.03. The van der Waals surface area contributed by atoms with E-state index in [0.29, 0.717) is 0 Å². The molecule has 0 atom stereocenters. The van der Waals surface area contributed by atoms with Crippen molar-refractivity contribution in [2.75, 3.05) is 12.4 Å². The molecule has 0 radical (unpaired) electrons. The van der Waals surface area contributed by atoms with Gasteiger partial charge in [-0.1, -0.05) is 6.07 Å². The number of hydrogen-bond acceptors (Lipinski definition) is 3. The van der Waals surface area contributed by atoms with Crippen molar-refractivity contribution in [3.8, 4) is 5.75 Å². The SMILES string of the molecule is CCn1cc(CNc2cccc(OC)c2)c(C)n1. The fourth-order valence-electron chi connectivity index (χ4n) is 1.82. The minimum Gasteiger partial charge on any atom is -0.497 e. The molecule has 4 nitrogen and oxygen atoms in total. The number of benzene rings is 1. The second-order valence-electron chi connectivity index (χ2n) is 4.18. The topological polar surface area (TPSA) is 39.1 Å². The molecule has 0 aliphatic carbocycles. The summed E-state index contributed by atoms with van der Waals surface area (Å²) in [5, 5.41) is 7.81. The largest absolute Gasteiger partial charge is 0.497 e. The van der Waals surface area contributed by atoms with Crippen LogP contribution in [0.15, 0.2) is 30.5 Å². The van der Waals surface area contributed by atoms with Crippen molar-refractivity contribution in [1.29, 1.82) is 0 Å². The Labute approximate surface area is 108 Å². The van der Waals surface area contributed by atoms with E-state index in [4.69, 9.17) is 4.74 Å². The molecule has 0 aliphatic rings. The van der Waals surface area contributed by atoms with Crippen molar-refractivity contribution in [3.05, 3.63) is 41.7 Å². The molecule has 0 saturated carbocycles. The Morgan fingerprint density at radius 1 is 1.39 bits per heavy atom. The number of rotatable bonds is 5. The van der Waals surface area contributed by atoms with E-state index in [1.807, 2.05) is 35.9 Å². The molecule has 0 amide bonds. The summed E-state index contributed by atoms with van der Waals surface area (Å²) >= 11 is 0. The minimum absolute atomic E-state index is 0.777. The van der Waals surface area contributed by atoms with Crippen LogP contribution >= 0.6 is 0 Å². The van der Waals surface area contributed by atoms with Gasteiger partial charge in [-0.3, -0.25) is 4.68 Å². The predicted octanol–water partition coefficient (Wildman–Crippen LogP) is 2.83. The maximum absolute atomic E-state index is 5.20. The normalized spacial score (nSPS) is 10.4. The van der Waals surface area contributed by atoms with E-state index in [9.17, 15) is 0 Å². The lowest BCUT2D eigenvalue weighted by Gasteiger charge is -2.07. The molecule has 4 heteroatoms. The number of nitrogens with zero attached hydrogens (tertiary/aromatic N) is 2. The van der Waals surface area contributed by atoms with Crippen molar-refractivity contribution in [2.45, 2.75) is 26.9 Å². The van der Waals surface area contributed by atoms with E-state index in [0.717, 1.165) is 30.2 Å². The van der Waals surface area contributed by atoms with Crippen LogP contribution in [-0.4, -0.2) is 16.9 Å². The van der Waals surface area contributed by atoms with E-state index in [-0.39, 0.29) is 0 Å². The number of aryl methyl sites for hydroxylation is 2. The van der Waals surface area contributed by atoms with Crippen LogP contribution < -0.4 is 10.1 Å². The molecular weight excluding hydrogens is 226 g/mol. The van der Waals surface area contributed by atoms with E-state index >= 15 is 0 Å². The number of nitrogens with one attached hydrogen (secondary N) is 1. The number of hydrogen-bond donors (Lipinski definition) is 1. The summed E-state index contributed by atoms with van der Waals surface area (Å²) in [7, 11) is 1.68. The van der Waals surface area contributed by atoms with Gasteiger partial charge in [0.15, 0.2) is 0 Å². The first-order valence-electron chi connectivity index (χ1n) is 6.13. The third kappa shape index (κ3) is 2.83. The maximum atomic E-state index is 5.20. The third-order valence-corrected chi connectivity index (χ3v) is 2.92. The standard InChI is InChI=1S/C14H19N3O/c1-4-17-10-12(11(2)16-17)9-15-13-6-5-7-14(8-13)18-3/h5-8,10,15H,4,9H2,1-3H3. The van der Waals surface area contributed by atoms with Gasteiger partial charge in [-0.25, -0.2) is 0 Å². The molecule has 0 spiro atoms. The first kappa shape index (κ1) is 12.5. The first-order chi connectivity index (χ1) is 8.72. The molecule has 0 bridgehead atoms. The van der Waals surface area contributed by atoms with Crippen molar-refractivity contribution >= 4 is 5.69 Å². The summed E-state index contributed by atoms with van der Waals surface area (Å²) in [5.74, 6) is 0.862. The fraction of sp³-hybridized carbons (Fsp3) is 0.357. The lowest BCUT2D eigenvalue weighted by Crippen LogP contribution is -2.00. The van der Waals surface area contributed by atoms with E-state index in [1.54, 1.807) is 7.11 Å². The van der Waals surface area contributed by atoms with E-state index < -0.39 is 0 Å². The van der Waals surface area contributed by atoms with Gasteiger partial charge in [-0.15, -0.1) is 0 Å². The number of aromatic nitrogens is 2. The molecule has 1 aromatic carbocycles. The van der Waals surface area contributed by atoms with Crippen LogP contribution in [0, 0.1) is 6.92 Å². The number of methoxy groups -OCH3 is 1. The Bertz CT molecular complexity index is 520. The molecule has 96 valence electrons. The Balaban J connectivity index is 2.03. The second-order valence-corrected chi connectivity index (χ2v) is 4.18. The Kier molecular flexibility index (Phi) is 3.87. The molecule has 1 aromatic heterocycles. The molecule has 0 fully saturated rings. The molecule has 0 saturated heterocycles. The monoisotopic (exact) mass is 245 g/mol. The lowest BCUT2D eigenvalue weighted by atomic mass is 10.2. The average molecular weight is 245 g/mol. The summed E-state index contributed by atoms with van der Waals surface area (Å²) in [6, 6.07) is 7.93. The van der Waals surface area contributed by atoms with Gasteiger partial charge in [0.25, 0.3) is 0 Å². The van der Waals surface area contributed by atoms with Crippen molar-refractivity contribution in [1.82, 2.24) is 9.78 Å². The molecule has 0 aliphatic heterocycles. The lowest BCUT2D eigenvalue weighted by molar-refractivity contribution is 0.415. The highest BCUT2D eigenvalue weighted by atomic mass is 16.5. The Morgan fingerprint density at radius 3 is 2.89 bits per heavy atom. The first-order valence-corrected chi connectivity index (χ1v) is 6.13. The number of anilines is 1. The van der Waals surface area contributed by atoms with Gasteiger partial charge in [0.2, 0.25) is 0 Å². The molecule has 18 heavy (non-hydrogen) atoms. The quantitative estimate of drug-likeness (QED) is 0.880. The van der Waals surface area contributed by atoms with Gasteiger partial charge in [0.05, 0.1) is 12.8 Å². The molecule has 1 heterocycles. The van der Waals surface area contributed by atoms with Crippen LogP contribution in [0.5, 0.6) is 5.75 Å². The zero-order valence-corrected chi connectivity index (χ0v) is 11.1. The van der Waals surface area contributed by atoms with Crippen molar-refractivity contribution in [3.63, 3.8) is 0 Å². The van der Waals surface area contributed by atoms with Crippen molar-refractivity contribution in [2.24, 2.45) is 0 Å². The average Bonchev–Trinajstić information content (AvgIpc) is 2.77. The Hall–Kier alpha value is -1.97. The molecule has 0 unspecified atom stereocenters. The highest BCUT2D eigenvalue weighted by molar-refractivity contribution is 5.48. The maximum Gasteiger partial charge on any atom is 0.120 e. The summed E-state index contributed by atoms with van der Waals surface area (Å²) in [4.78, 5) is 0. The van der Waals surface area contributed by atoms with Gasteiger partial charge in [-0.2, -0.15) is 5.10 Å². The van der Waals surface area contributed by atoms with Crippen LogP contribution in [0.4, 0.5) is 5.69 Å². The Morgan fingerprint density at radius 2 is 2.22 bits per heavy atom. The predicted molar refractivity (Wildman–Crippen MR) is 73.0 cm³/mol. The third-order valence-electron chi connectivity index (χ3n) is 2.92. The smallest absolute Gasteiger partial charge is 0.120 e. The molecule has 2 rings (SSSR count). The van der Waals surface area contributed by atoms with Crippen LogP contribution in [0.25, 0.3) is 0 Å². The van der Waals surface area contributed by atoms with Gasteiger partial charge in [-0.05, 0) is 26.0 Å². The zero-order chi connectivity index (χ0) is 13.0. The van der Waals surface area contributed by atoms with Gasteiger partial charge < -0.3 is 10.1 Å². The van der Waals surface area contributed by atoms with Crippen molar-refractivity contribution < 1.29 is 4.74 Å². The highest BCUT2D eigenvalue weighted by Crippen LogP contribution is 2.18.